The predicted molar refractivity (Wildman–Crippen MR) is 175 cm³/mol. The summed E-state index contributed by atoms with van der Waals surface area (Å²) in [6, 6.07) is 0.707. The van der Waals surface area contributed by atoms with Crippen LogP contribution < -0.4 is 15.1 Å². The summed E-state index contributed by atoms with van der Waals surface area (Å²) in [5.74, 6) is 3.01. The largest absolute Gasteiger partial charge is 0.511 e. The molecule has 0 bridgehead atoms. The Morgan fingerprint density at radius 3 is 2.33 bits per heavy atom. The van der Waals surface area contributed by atoms with E-state index in [2.05, 4.69) is 11.8 Å². The number of hydrogen-bond acceptors (Lipinski definition) is 10. The molecule has 48 heavy (non-hydrogen) atoms. The van der Waals surface area contributed by atoms with Gasteiger partial charge in [0.25, 0.3) is 0 Å². The molecule has 1 amide bonds. The summed E-state index contributed by atoms with van der Waals surface area (Å²) in [7, 11) is 1.39. The summed E-state index contributed by atoms with van der Waals surface area (Å²) >= 11 is 0. The van der Waals surface area contributed by atoms with Gasteiger partial charge >= 0.3 is 18.2 Å². The van der Waals surface area contributed by atoms with Crippen LogP contribution in [0.4, 0.5) is 19.7 Å². The third kappa shape index (κ3) is 8.32. The summed E-state index contributed by atoms with van der Waals surface area (Å²) in [6.07, 6.45) is 11.2. The molecule has 2 atom stereocenters. The fraction of sp³-hybridized carbons (Fsp3) is 0.543. The van der Waals surface area contributed by atoms with Crippen molar-refractivity contribution in [2.24, 2.45) is 5.92 Å². The smallest absolute Gasteiger partial charge is 0.492 e. The minimum atomic E-state index is -1.41. The molecule has 0 spiro atoms. The van der Waals surface area contributed by atoms with Gasteiger partial charge in [0.15, 0.2) is 11.6 Å². The molecule has 2 heterocycles. The highest BCUT2D eigenvalue weighted by molar-refractivity contribution is 5.98. The topological polar surface area (TPSA) is 126 Å². The molecule has 0 radical (unpaired) electrons. The number of carbonyl (C=O) groups is 3. The molecule has 1 aliphatic heterocycles. The number of terminal acetylenes is 2. The van der Waals surface area contributed by atoms with Crippen molar-refractivity contribution >= 4 is 34.8 Å². The molecule has 1 saturated carbocycles. The maximum Gasteiger partial charge on any atom is 0.511 e. The maximum absolute atomic E-state index is 16.0. The first-order chi connectivity index (χ1) is 22.7. The number of hydrogen-bond donors (Lipinski definition) is 0. The minimum absolute atomic E-state index is 0.0718. The summed E-state index contributed by atoms with van der Waals surface area (Å²) < 4.78 is 44.4. The number of anilines is 1. The van der Waals surface area contributed by atoms with Crippen molar-refractivity contribution in [2.45, 2.75) is 84.3 Å². The number of piperazine rings is 1. The Morgan fingerprint density at radius 1 is 1.10 bits per heavy atom. The van der Waals surface area contributed by atoms with Gasteiger partial charge in [-0.05, 0) is 46.6 Å². The van der Waals surface area contributed by atoms with E-state index in [0.29, 0.717) is 18.4 Å². The first-order valence-electron chi connectivity index (χ1n) is 15.8. The lowest BCUT2D eigenvalue weighted by molar-refractivity contribution is -0.0838. The van der Waals surface area contributed by atoms with E-state index in [-0.39, 0.29) is 66.6 Å². The van der Waals surface area contributed by atoms with E-state index >= 15 is 4.39 Å². The zero-order valence-electron chi connectivity index (χ0n) is 28.2. The van der Waals surface area contributed by atoms with E-state index in [1.54, 1.807) is 35.1 Å². The normalized spacial score (nSPS) is 16.9. The number of methoxy groups -OCH3 is 1. The van der Waals surface area contributed by atoms with E-state index in [4.69, 9.17) is 36.5 Å². The van der Waals surface area contributed by atoms with E-state index < -0.39 is 41.4 Å². The fourth-order valence-electron chi connectivity index (χ4n) is 5.59. The summed E-state index contributed by atoms with van der Waals surface area (Å²) in [4.78, 5) is 55.2. The van der Waals surface area contributed by atoms with E-state index in [0.717, 1.165) is 18.9 Å². The van der Waals surface area contributed by atoms with Crippen LogP contribution in [0.5, 0.6) is 5.75 Å². The average Bonchev–Trinajstić information content (AvgIpc) is 3.84. The number of pyridine rings is 1. The fourth-order valence-corrected chi connectivity index (χ4v) is 5.59. The second-order valence-electron chi connectivity index (χ2n) is 12.9. The zero-order valence-corrected chi connectivity index (χ0v) is 28.2. The Morgan fingerprint density at radius 2 is 1.77 bits per heavy atom. The zero-order chi connectivity index (χ0) is 35.3. The van der Waals surface area contributed by atoms with Crippen molar-refractivity contribution in [1.29, 1.82) is 0 Å². The van der Waals surface area contributed by atoms with E-state index in [1.807, 2.05) is 6.92 Å². The number of aromatic nitrogens is 1. The Balaban J connectivity index is 1.58. The molecular formula is C35H42FN3O9. The molecule has 1 aliphatic carbocycles. The van der Waals surface area contributed by atoms with Crippen LogP contribution in [0, 0.1) is 36.4 Å². The second-order valence-corrected chi connectivity index (χ2v) is 12.9. The van der Waals surface area contributed by atoms with Crippen LogP contribution in [0.3, 0.4) is 0 Å². The Hall–Kier alpha value is -4.91. The van der Waals surface area contributed by atoms with Crippen molar-refractivity contribution in [3.63, 3.8) is 0 Å². The number of fused-ring (bicyclic) bond motifs is 1. The van der Waals surface area contributed by atoms with Gasteiger partial charge in [0.05, 0.1) is 24.6 Å². The molecule has 2 aromatic rings. The van der Waals surface area contributed by atoms with Crippen LogP contribution in [-0.4, -0.2) is 79.0 Å². The molecule has 2 aliphatic rings. The van der Waals surface area contributed by atoms with E-state index in [9.17, 15) is 19.2 Å². The van der Waals surface area contributed by atoms with Crippen LogP contribution in [0.2, 0.25) is 0 Å². The predicted octanol–water partition coefficient (Wildman–Crippen LogP) is 5.25. The second kappa shape index (κ2) is 14.9. The number of halogens is 1. The van der Waals surface area contributed by atoms with E-state index in [1.165, 1.54) is 20.2 Å². The average molecular weight is 668 g/mol. The third-order valence-corrected chi connectivity index (χ3v) is 7.92. The number of carbonyl (C=O) groups excluding carboxylic acids is 3. The van der Waals surface area contributed by atoms with Crippen molar-refractivity contribution < 1.29 is 42.5 Å². The number of rotatable bonds is 10. The number of amides is 1. The van der Waals surface area contributed by atoms with Gasteiger partial charge in [-0.25, -0.2) is 18.8 Å². The summed E-state index contributed by atoms with van der Waals surface area (Å²) in [5.41, 5.74) is -1.32. The quantitative estimate of drug-likeness (QED) is 0.144. The molecule has 2 fully saturated rings. The summed E-state index contributed by atoms with van der Waals surface area (Å²) in [6.45, 7) is 9.27. The first kappa shape index (κ1) is 35.9. The van der Waals surface area contributed by atoms with Crippen LogP contribution in [0.25, 0.3) is 10.9 Å². The molecule has 13 heteroatoms. The van der Waals surface area contributed by atoms with Crippen LogP contribution in [0.15, 0.2) is 17.1 Å². The van der Waals surface area contributed by atoms with Gasteiger partial charge in [-0.2, -0.15) is 0 Å². The Kier molecular flexibility index (Phi) is 11.1. The first-order valence-corrected chi connectivity index (χ1v) is 15.8. The SMILES string of the molecule is C#CCC(CC#C)COC(=O)OC(C)OC(=O)c1cn(C2CC2)c2c(OC)c(N3CCN(C(=O)OC(C)(C)C)C(C)C3)c(F)cc2c1=O. The lowest BCUT2D eigenvalue weighted by atomic mass is 10.0. The molecule has 0 N–H and O–H groups in total. The van der Waals surface area contributed by atoms with Gasteiger partial charge in [0.1, 0.15) is 16.9 Å². The third-order valence-electron chi connectivity index (χ3n) is 7.92. The van der Waals surface area contributed by atoms with Crippen LogP contribution in [-0.2, 0) is 18.9 Å². The molecule has 1 aromatic heterocycles. The van der Waals surface area contributed by atoms with Crippen molar-refractivity contribution in [1.82, 2.24) is 9.47 Å². The highest BCUT2D eigenvalue weighted by Crippen LogP contribution is 2.44. The highest BCUT2D eigenvalue weighted by Gasteiger charge is 2.36. The molecule has 4 rings (SSSR count). The van der Waals surface area contributed by atoms with Crippen LogP contribution in [0.1, 0.15) is 76.7 Å². The van der Waals surface area contributed by atoms with Crippen molar-refractivity contribution in [2.75, 3.05) is 38.3 Å². The van der Waals surface area contributed by atoms with Gasteiger partial charge in [0.2, 0.25) is 11.7 Å². The van der Waals surface area contributed by atoms with Gasteiger partial charge in [-0.15, -0.1) is 24.7 Å². The van der Waals surface area contributed by atoms with Crippen molar-refractivity contribution in [3.05, 3.63) is 33.9 Å². The monoisotopic (exact) mass is 667 g/mol. The lowest BCUT2D eigenvalue weighted by Gasteiger charge is -2.41. The van der Waals surface area contributed by atoms with Gasteiger partial charge in [0, 0.05) is 63.6 Å². The Labute approximate surface area is 279 Å². The number of nitrogens with zero attached hydrogens (tertiary/aromatic N) is 3. The van der Waals surface area contributed by atoms with Crippen LogP contribution >= 0.6 is 0 Å². The Bertz CT molecular complexity index is 1680. The molecule has 258 valence electrons. The highest BCUT2D eigenvalue weighted by atomic mass is 19.1. The number of esters is 1. The standard InChI is InChI=1S/C35H42FN3O9/c1-9-11-23(12-10-2)20-45-34(43)47-22(4)46-32(41)26-19-39(24-13-14-24)28-25(30(26)40)17-27(36)29(31(28)44-8)37-15-16-38(21(3)18-37)33(42)48-35(5,6)7/h1-2,17,19,21-24H,11-16,18,20H2,3-8H3. The molecule has 1 saturated heterocycles. The maximum atomic E-state index is 16.0. The lowest BCUT2D eigenvalue weighted by Crippen LogP contribution is -2.55. The number of benzene rings is 1. The van der Waals surface area contributed by atoms with Gasteiger partial charge in [-0.1, -0.05) is 0 Å². The van der Waals surface area contributed by atoms with Crippen molar-refractivity contribution in [3.8, 4) is 30.4 Å². The number of ether oxygens (including phenoxy) is 5. The molecule has 12 nitrogen and oxygen atoms in total. The van der Waals surface area contributed by atoms with Gasteiger partial charge < -0.3 is 38.1 Å². The summed E-state index contributed by atoms with van der Waals surface area (Å²) in [5, 5.41) is -0.0732. The molecule has 2 unspecified atom stereocenters. The molecular weight excluding hydrogens is 625 g/mol. The minimum Gasteiger partial charge on any atom is -0.492 e. The van der Waals surface area contributed by atoms with Gasteiger partial charge in [-0.3, -0.25) is 4.79 Å². The molecule has 1 aromatic carbocycles.